The second-order valence-electron chi connectivity index (χ2n) is 6.59. The van der Waals surface area contributed by atoms with Gasteiger partial charge >= 0.3 is 0 Å². The number of nitrogens with zero attached hydrogens (tertiary/aromatic N) is 3. The Kier molecular flexibility index (Phi) is 4.75. The first kappa shape index (κ1) is 17.8. The second kappa shape index (κ2) is 7.21. The van der Waals surface area contributed by atoms with Gasteiger partial charge in [-0.2, -0.15) is 9.40 Å². The normalized spacial score (nSPS) is 18.5. The molecule has 1 aliphatic heterocycles. The maximum absolute atomic E-state index is 13.5. The zero-order chi connectivity index (χ0) is 18.9. The summed E-state index contributed by atoms with van der Waals surface area (Å²) >= 11 is 0. The molecule has 27 heavy (non-hydrogen) atoms. The van der Waals surface area contributed by atoms with E-state index in [1.165, 1.54) is 28.8 Å². The van der Waals surface area contributed by atoms with Gasteiger partial charge in [0.2, 0.25) is 10.0 Å². The average molecular weight is 386 g/mol. The molecular formula is C19H19FN4O2S. The average Bonchev–Trinajstić information content (AvgIpc) is 3.24. The molecule has 1 atom stereocenters. The van der Waals surface area contributed by atoms with Gasteiger partial charge in [-0.3, -0.25) is 10.1 Å². The smallest absolute Gasteiger partial charge is 0.246 e. The van der Waals surface area contributed by atoms with Gasteiger partial charge in [-0.1, -0.05) is 18.2 Å². The maximum Gasteiger partial charge on any atom is 0.246 e. The van der Waals surface area contributed by atoms with Crippen LogP contribution in [0.15, 0.2) is 59.8 Å². The number of aromatic nitrogens is 3. The van der Waals surface area contributed by atoms with Crippen LogP contribution in [0.5, 0.6) is 0 Å². The van der Waals surface area contributed by atoms with E-state index in [4.69, 9.17) is 0 Å². The van der Waals surface area contributed by atoms with Crippen LogP contribution >= 0.6 is 0 Å². The molecule has 1 saturated heterocycles. The third-order valence-corrected chi connectivity index (χ3v) is 6.63. The SMILES string of the molecule is O=S(=O)(c1cn[nH]c1)N1CCC[C@@H](c2cccc(-c3cccc(F)c3)n2)C1. The van der Waals surface area contributed by atoms with E-state index in [9.17, 15) is 12.8 Å². The first-order valence-corrected chi connectivity index (χ1v) is 10.2. The first-order valence-electron chi connectivity index (χ1n) is 8.76. The number of H-pyrrole nitrogens is 1. The number of piperidine rings is 1. The van der Waals surface area contributed by atoms with Crippen molar-refractivity contribution >= 4 is 10.0 Å². The summed E-state index contributed by atoms with van der Waals surface area (Å²) in [7, 11) is -3.57. The fourth-order valence-corrected chi connectivity index (χ4v) is 4.85. The van der Waals surface area contributed by atoms with Gasteiger partial charge < -0.3 is 0 Å². The predicted octanol–water partition coefficient (Wildman–Crippen LogP) is 3.18. The number of halogens is 1. The summed E-state index contributed by atoms with van der Waals surface area (Å²) < 4.78 is 40.5. The second-order valence-corrected chi connectivity index (χ2v) is 8.53. The van der Waals surface area contributed by atoms with Crippen molar-refractivity contribution in [3.05, 3.63) is 66.4 Å². The van der Waals surface area contributed by atoms with Crippen molar-refractivity contribution in [2.75, 3.05) is 13.1 Å². The number of aromatic amines is 1. The van der Waals surface area contributed by atoms with Crippen LogP contribution in [-0.4, -0.2) is 41.0 Å². The largest absolute Gasteiger partial charge is 0.284 e. The lowest BCUT2D eigenvalue weighted by Crippen LogP contribution is -2.39. The Balaban J connectivity index is 1.60. The molecule has 0 saturated carbocycles. The molecular weight excluding hydrogens is 367 g/mol. The van der Waals surface area contributed by atoms with E-state index >= 15 is 0 Å². The monoisotopic (exact) mass is 386 g/mol. The molecule has 1 aliphatic rings. The molecule has 6 nitrogen and oxygen atoms in total. The van der Waals surface area contributed by atoms with Crippen LogP contribution in [-0.2, 0) is 10.0 Å². The molecule has 4 rings (SSSR count). The van der Waals surface area contributed by atoms with E-state index in [0.29, 0.717) is 24.3 Å². The molecule has 2 aromatic heterocycles. The highest BCUT2D eigenvalue weighted by molar-refractivity contribution is 7.89. The highest BCUT2D eigenvalue weighted by Gasteiger charge is 2.32. The standard InChI is InChI=1S/C19H19FN4O2S/c20-16-6-1-4-14(10-16)18-7-2-8-19(23-18)15-5-3-9-24(13-15)27(25,26)17-11-21-22-12-17/h1-2,4,6-8,10-12,15H,3,5,9,13H2,(H,21,22)/t15-/m1/s1. The summed E-state index contributed by atoms with van der Waals surface area (Å²) in [5.74, 6) is -0.316. The minimum absolute atomic E-state index is 0.00562. The number of rotatable bonds is 4. The van der Waals surface area contributed by atoms with Crippen LogP contribution in [0.2, 0.25) is 0 Å². The topological polar surface area (TPSA) is 79.0 Å². The van der Waals surface area contributed by atoms with Crippen molar-refractivity contribution in [3.8, 4) is 11.3 Å². The summed E-state index contributed by atoms with van der Waals surface area (Å²) in [6.07, 6.45) is 4.33. The Bertz CT molecular complexity index is 1040. The molecule has 1 N–H and O–H groups in total. The molecule has 0 bridgehead atoms. The number of hydrogen-bond acceptors (Lipinski definition) is 4. The van der Waals surface area contributed by atoms with Gasteiger partial charge in [-0.15, -0.1) is 0 Å². The Morgan fingerprint density at radius 1 is 1.19 bits per heavy atom. The molecule has 1 fully saturated rings. The Morgan fingerprint density at radius 3 is 2.81 bits per heavy atom. The lowest BCUT2D eigenvalue weighted by Gasteiger charge is -2.31. The zero-order valence-corrected chi connectivity index (χ0v) is 15.4. The summed E-state index contributed by atoms with van der Waals surface area (Å²) in [5, 5.41) is 6.29. The molecule has 0 unspecified atom stereocenters. The van der Waals surface area contributed by atoms with E-state index in [0.717, 1.165) is 18.5 Å². The number of sulfonamides is 1. The van der Waals surface area contributed by atoms with Crippen LogP contribution < -0.4 is 0 Å². The van der Waals surface area contributed by atoms with Gasteiger partial charge in [-0.25, -0.2) is 12.8 Å². The molecule has 0 spiro atoms. The van der Waals surface area contributed by atoms with Gasteiger partial charge in [-0.05, 0) is 37.1 Å². The maximum atomic E-state index is 13.5. The highest BCUT2D eigenvalue weighted by atomic mass is 32.2. The van der Waals surface area contributed by atoms with Crippen LogP contribution in [0.25, 0.3) is 11.3 Å². The van der Waals surface area contributed by atoms with Crippen molar-refractivity contribution < 1.29 is 12.8 Å². The summed E-state index contributed by atoms with van der Waals surface area (Å²) in [5.41, 5.74) is 2.21. The summed E-state index contributed by atoms with van der Waals surface area (Å²) in [6, 6.07) is 11.9. The van der Waals surface area contributed by atoms with Crippen molar-refractivity contribution in [2.45, 2.75) is 23.7 Å². The predicted molar refractivity (Wildman–Crippen MR) is 99.0 cm³/mol. The van der Waals surface area contributed by atoms with E-state index in [1.807, 2.05) is 24.3 Å². The zero-order valence-electron chi connectivity index (χ0n) is 14.5. The van der Waals surface area contributed by atoms with Crippen LogP contribution in [0, 0.1) is 5.82 Å². The van der Waals surface area contributed by atoms with Gasteiger partial charge in [0.1, 0.15) is 10.7 Å². The Morgan fingerprint density at radius 2 is 2.04 bits per heavy atom. The van der Waals surface area contributed by atoms with Crippen LogP contribution in [0.4, 0.5) is 4.39 Å². The van der Waals surface area contributed by atoms with E-state index in [-0.39, 0.29) is 16.6 Å². The first-order chi connectivity index (χ1) is 13.0. The fraction of sp³-hybridized carbons (Fsp3) is 0.263. The van der Waals surface area contributed by atoms with Crippen LogP contribution in [0.3, 0.4) is 0 Å². The molecule has 3 heterocycles. The quantitative estimate of drug-likeness (QED) is 0.747. The van der Waals surface area contributed by atoms with Gasteiger partial charge in [0.25, 0.3) is 0 Å². The number of benzene rings is 1. The third kappa shape index (κ3) is 3.63. The Hall–Kier alpha value is -2.58. The minimum atomic E-state index is -3.57. The molecule has 140 valence electrons. The molecule has 8 heteroatoms. The van der Waals surface area contributed by atoms with Crippen molar-refractivity contribution in [3.63, 3.8) is 0 Å². The molecule has 3 aromatic rings. The lowest BCUT2D eigenvalue weighted by atomic mass is 9.95. The molecule has 0 aliphatic carbocycles. The van der Waals surface area contributed by atoms with Crippen molar-refractivity contribution in [1.82, 2.24) is 19.5 Å². The highest BCUT2D eigenvalue weighted by Crippen LogP contribution is 2.30. The molecule has 1 aromatic carbocycles. The number of nitrogens with one attached hydrogen (secondary N) is 1. The van der Waals surface area contributed by atoms with Gasteiger partial charge in [0.05, 0.1) is 11.9 Å². The van der Waals surface area contributed by atoms with E-state index in [2.05, 4.69) is 15.2 Å². The third-order valence-electron chi connectivity index (χ3n) is 4.80. The molecule has 0 radical (unpaired) electrons. The van der Waals surface area contributed by atoms with Gasteiger partial charge in [0, 0.05) is 36.5 Å². The fourth-order valence-electron chi connectivity index (χ4n) is 3.42. The summed E-state index contributed by atoms with van der Waals surface area (Å²) in [4.78, 5) is 4.85. The number of hydrogen-bond donors (Lipinski definition) is 1. The lowest BCUT2D eigenvalue weighted by molar-refractivity contribution is 0.313. The van der Waals surface area contributed by atoms with Crippen molar-refractivity contribution in [1.29, 1.82) is 0 Å². The Labute approximate surface area is 157 Å². The van der Waals surface area contributed by atoms with Crippen LogP contribution in [0.1, 0.15) is 24.5 Å². The minimum Gasteiger partial charge on any atom is -0.284 e. The number of pyridine rings is 1. The van der Waals surface area contributed by atoms with E-state index in [1.54, 1.807) is 6.07 Å². The molecule has 0 amide bonds. The van der Waals surface area contributed by atoms with Gasteiger partial charge in [0.15, 0.2) is 0 Å². The summed E-state index contributed by atoms with van der Waals surface area (Å²) in [6.45, 7) is 0.848. The van der Waals surface area contributed by atoms with Crippen molar-refractivity contribution in [2.24, 2.45) is 0 Å². The van der Waals surface area contributed by atoms with E-state index < -0.39 is 10.0 Å².